The Kier molecular flexibility index (Phi) is 7.06. The van der Waals surface area contributed by atoms with Crippen LogP contribution in [-0.2, 0) is 14.8 Å². The molecule has 2 amide bonds. The highest BCUT2D eigenvalue weighted by Crippen LogP contribution is 2.26. The predicted octanol–water partition coefficient (Wildman–Crippen LogP) is 3.03. The molecule has 0 aliphatic carbocycles. The van der Waals surface area contributed by atoms with E-state index in [0.29, 0.717) is 5.75 Å². The molecule has 3 N–H and O–H groups in total. The summed E-state index contributed by atoms with van der Waals surface area (Å²) in [5.41, 5.74) is 4.84. The number of carbonyl (C=O) groups excluding carboxylic acids is 2. The molecule has 3 aromatic rings. The summed E-state index contributed by atoms with van der Waals surface area (Å²) in [6.45, 7) is 0. The molecule has 0 unspecified atom stereocenters. The Morgan fingerprint density at radius 2 is 1.81 bits per heavy atom. The molecule has 3 rings (SSSR count). The van der Waals surface area contributed by atoms with Crippen LogP contribution in [0, 0.1) is 0 Å². The molecule has 0 atom stereocenters. The fraction of sp³-hybridized carbons (Fsp3) is 0.0476. The van der Waals surface area contributed by atoms with Gasteiger partial charge in [-0.3, -0.25) is 25.2 Å². The van der Waals surface area contributed by atoms with Gasteiger partial charge in [0, 0.05) is 16.5 Å². The molecule has 2 aromatic carbocycles. The summed E-state index contributed by atoms with van der Waals surface area (Å²) < 4.78 is 33.1. The van der Waals surface area contributed by atoms with Crippen LogP contribution < -0.4 is 20.3 Å². The van der Waals surface area contributed by atoms with Crippen LogP contribution in [-0.4, -0.2) is 27.3 Å². The Labute approximate surface area is 183 Å². The number of para-hydroxylation sites is 2. The number of ether oxygens (including phenoxy) is 1. The number of thiophene rings is 1. The largest absolute Gasteiger partial charge is 0.495 e. The molecular formula is C21H19N3O5S2. The number of carbonyl (C=O) groups is 2. The second kappa shape index (κ2) is 9.92. The number of amides is 2. The summed E-state index contributed by atoms with van der Waals surface area (Å²) in [7, 11) is -2.54. The number of hydrogen-bond donors (Lipinski definition) is 3. The number of hydrazine groups is 1. The van der Waals surface area contributed by atoms with E-state index < -0.39 is 21.8 Å². The number of rotatable bonds is 7. The molecule has 0 aliphatic heterocycles. The van der Waals surface area contributed by atoms with Crippen LogP contribution in [0.4, 0.5) is 5.69 Å². The van der Waals surface area contributed by atoms with Crippen molar-refractivity contribution in [1.29, 1.82) is 0 Å². The van der Waals surface area contributed by atoms with Gasteiger partial charge in [-0.2, -0.15) is 0 Å². The third-order valence-corrected chi connectivity index (χ3v) is 6.20. The van der Waals surface area contributed by atoms with Crippen molar-refractivity contribution < 1.29 is 22.7 Å². The van der Waals surface area contributed by atoms with Gasteiger partial charge >= 0.3 is 0 Å². The summed E-state index contributed by atoms with van der Waals surface area (Å²) in [6, 6.07) is 15.7. The van der Waals surface area contributed by atoms with E-state index >= 15 is 0 Å². The van der Waals surface area contributed by atoms with Gasteiger partial charge in [0.25, 0.3) is 21.8 Å². The lowest BCUT2D eigenvalue weighted by Crippen LogP contribution is -2.40. The number of methoxy groups -OCH3 is 1. The standard InChI is InChI=1S/C21H19N3O5S2/c1-29-19-10-3-2-9-18(19)24-31(27,28)17-8-4-6-15(14-17)21(26)23-22-20(25)12-11-16-7-5-13-30-16/h2-14,24H,1H3,(H,22,25)(H,23,26)/b12-11+. The van der Waals surface area contributed by atoms with Crippen LogP contribution in [0.25, 0.3) is 6.08 Å². The molecule has 31 heavy (non-hydrogen) atoms. The zero-order valence-electron chi connectivity index (χ0n) is 16.4. The van der Waals surface area contributed by atoms with E-state index in [-0.39, 0.29) is 16.1 Å². The zero-order chi connectivity index (χ0) is 22.3. The van der Waals surface area contributed by atoms with Crippen molar-refractivity contribution in [3.8, 4) is 5.75 Å². The van der Waals surface area contributed by atoms with Crippen LogP contribution >= 0.6 is 11.3 Å². The molecule has 0 aliphatic rings. The fourth-order valence-corrected chi connectivity index (χ4v) is 4.25. The monoisotopic (exact) mass is 457 g/mol. The molecule has 8 nitrogen and oxygen atoms in total. The minimum Gasteiger partial charge on any atom is -0.495 e. The van der Waals surface area contributed by atoms with Crippen LogP contribution in [0.15, 0.2) is 77.0 Å². The van der Waals surface area contributed by atoms with Gasteiger partial charge in [0.15, 0.2) is 0 Å². The SMILES string of the molecule is COc1ccccc1NS(=O)(=O)c1cccc(C(=O)NNC(=O)/C=C/c2cccs2)c1. The molecular weight excluding hydrogens is 438 g/mol. The maximum absolute atomic E-state index is 12.7. The lowest BCUT2D eigenvalue weighted by atomic mass is 10.2. The van der Waals surface area contributed by atoms with E-state index in [1.54, 1.807) is 30.3 Å². The Balaban J connectivity index is 1.67. The Bertz CT molecular complexity index is 1210. The van der Waals surface area contributed by atoms with Crippen molar-refractivity contribution in [2.45, 2.75) is 4.90 Å². The van der Waals surface area contributed by atoms with Crippen molar-refractivity contribution in [2.75, 3.05) is 11.8 Å². The first-order valence-electron chi connectivity index (χ1n) is 8.97. The van der Waals surface area contributed by atoms with Gasteiger partial charge in [-0.25, -0.2) is 8.42 Å². The second-order valence-corrected chi connectivity index (χ2v) is 8.79. The molecule has 0 saturated heterocycles. The average molecular weight is 458 g/mol. The summed E-state index contributed by atoms with van der Waals surface area (Å²) in [4.78, 5) is 24.9. The molecule has 160 valence electrons. The summed E-state index contributed by atoms with van der Waals surface area (Å²) in [5.74, 6) is -0.825. The maximum atomic E-state index is 12.7. The molecule has 0 fully saturated rings. The number of anilines is 1. The summed E-state index contributed by atoms with van der Waals surface area (Å²) in [6.07, 6.45) is 2.90. The molecule has 0 bridgehead atoms. The van der Waals surface area contributed by atoms with Crippen molar-refractivity contribution >= 4 is 44.9 Å². The Morgan fingerprint density at radius 3 is 2.55 bits per heavy atom. The van der Waals surface area contributed by atoms with Crippen molar-refractivity contribution in [3.63, 3.8) is 0 Å². The van der Waals surface area contributed by atoms with Gasteiger partial charge in [-0.1, -0.05) is 24.3 Å². The van der Waals surface area contributed by atoms with E-state index in [0.717, 1.165) is 4.88 Å². The molecule has 0 spiro atoms. The minimum absolute atomic E-state index is 0.0606. The zero-order valence-corrected chi connectivity index (χ0v) is 18.0. The lowest BCUT2D eigenvalue weighted by Gasteiger charge is -2.12. The Hall–Kier alpha value is -3.63. The fourth-order valence-electron chi connectivity index (χ4n) is 2.51. The van der Waals surface area contributed by atoms with Crippen molar-refractivity contribution in [3.05, 3.63) is 82.6 Å². The van der Waals surface area contributed by atoms with Crippen LogP contribution in [0.5, 0.6) is 5.75 Å². The van der Waals surface area contributed by atoms with Gasteiger partial charge in [0.05, 0.1) is 17.7 Å². The van der Waals surface area contributed by atoms with Crippen LogP contribution in [0.1, 0.15) is 15.2 Å². The number of sulfonamides is 1. The van der Waals surface area contributed by atoms with Crippen molar-refractivity contribution in [1.82, 2.24) is 10.9 Å². The summed E-state index contributed by atoms with van der Waals surface area (Å²) >= 11 is 1.47. The molecule has 1 aromatic heterocycles. The second-order valence-electron chi connectivity index (χ2n) is 6.13. The third kappa shape index (κ3) is 5.93. The lowest BCUT2D eigenvalue weighted by molar-refractivity contribution is -0.117. The normalized spacial score (nSPS) is 11.1. The number of hydrogen-bond acceptors (Lipinski definition) is 6. The number of nitrogens with one attached hydrogen (secondary N) is 3. The van der Waals surface area contributed by atoms with Gasteiger partial charge in [-0.15, -0.1) is 11.3 Å². The van der Waals surface area contributed by atoms with Crippen molar-refractivity contribution in [2.24, 2.45) is 0 Å². The van der Waals surface area contributed by atoms with E-state index in [1.165, 1.54) is 48.8 Å². The topological polar surface area (TPSA) is 114 Å². The minimum atomic E-state index is -3.97. The predicted molar refractivity (Wildman–Crippen MR) is 119 cm³/mol. The van der Waals surface area contributed by atoms with E-state index in [4.69, 9.17) is 4.74 Å². The van der Waals surface area contributed by atoms with Gasteiger partial charge < -0.3 is 4.74 Å². The number of benzene rings is 2. The average Bonchev–Trinajstić information content (AvgIpc) is 3.30. The quantitative estimate of drug-likeness (QED) is 0.373. The first kappa shape index (κ1) is 22.1. The molecule has 0 radical (unpaired) electrons. The molecule has 10 heteroatoms. The summed E-state index contributed by atoms with van der Waals surface area (Å²) in [5, 5.41) is 1.88. The van der Waals surface area contributed by atoms with Gasteiger partial charge in [-0.05, 0) is 47.9 Å². The van der Waals surface area contributed by atoms with Crippen LogP contribution in [0.3, 0.4) is 0 Å². The first-order chi connectivity index (χ1) is 14.9. The highest BCUT2D eigenvalue weighted by Gasteiger charge is 2.18. The molecule has 1 heterocycles. The maximum Gasteiger partial charge on any atom is 0.269 e. The molecule has 0 saturated carbocycles. The first-order valence-corrected chi connectivity index (χ1v) is 11.3. The van der Waals surface area contributed by atoms with E-state index in [2.05, 4.69) is 15.6 Å². The van der Waals surface area contributed by atoms with E-state index in [9.17, 15) is 18.0 Å². The van der Waals surface area contributed by atoms with E-state index in [1.807, 2.05) is 17.5 Å². The Morgan fingerprint density at radius 1 is 1.00 bits per heavy atom. The van der Waals surface area contributed by atoms with Gasteiger partial charge in [0.1, 0.15) is 5.75 Å². The highest BCUT2D eigenvalue weighted by molar-refractivity contribution is 7.92. The smallest absolute Gasteiger partial charge is 0.269 e. The van der Waals surface area contributed by atoms with Gasteiger partial charge in [0.2, 0.25) is 0 Å². The third-order valence-electron chi connectivity index (χ3n) is 4.00. The van der Waals surface area contributed by atoms with Crippen LogP contribution in [0.2, 0.25) is 0 Å². The highest BCUT2D eigenvalue weighted by atomic mass is 32.2.